The van der Waals surface area contributed by atoms with E-state index in [1.807, 2.05) is 0 Å². The minimum Gasteiger partial charge on any atom is -0.478 e. The van der Waals surface area contributed by atoms with Gasteiger partial charge in [0.25, 0.3) is 0 Å². The fourth-order valence-electron chi connectivity index (χ4n) is 2.21. The molecule has 0 spiro atoms. The molecule has 90 valence electrons. The van der Waals surface area contributed by atoms with Crippen LogP contribution < -0.4 is 0 Å². The van der Waals surface area contributed by atoms with Crippen molar-refractivity contribution in [1.29, 1.82) is 0 Å². The Bertz CT molecular complexity index is 471. The van der Waals surface area contributed by atoms with Crippen LogP contribution in [0.1, 0.15) is 28.4 Å². The van der Waals surface area contributed by atoms with Crippen molar-refractivity contribution < 1.29 is 19.8 Å². The lowest BCUT2D eigenvalue weighted by atomic mass is 9.97. The van der Waals surface area contributed by atoms with Gasteiger partial charge in [-0.2, -0.15) is 0 Å². The predicted molar refractivity (Wildman–Crippen MR) is 59.5 cm³/mol. The second-order valence-electron chi connectivity index (χ2n) is 4.11. The lowest BCUT2D eigenvalue weighted by Crippen LogP contribution is -2.27. The van der Waals surface area contributed by atoms with Crippen molar-refractivity contribution in [1.82, 2.24) is 4.90 Å². The van der Waals surface area contributed by atoms with Gasteiger partial charge < -0.3 is 15.1 Å². The van der Waals surface area contributed by atoms with Crippen molar-refractivity contribution in [3.63, 3.8) is 0 Å². The number of rotatable bonds is 2. The van der Waals surface area contributed by atoms with Crippen LogP contribution in [0.4, 0.5) is 0 Å². The normalized spacial score (nSPS) is 24.1. The summed E-state index contributed by atoms with van der Waals surface area (Å²) in [7, 11) is 1.57. The van der Waals surface area contributed by atoms with Gasteiger partial charge in [0.15, 0.2) is 0 Å². The molecule has 1 fully saturated rings. The van der Waals surface area contributed by atoms with E-state index in [1.165, 1.54) is 11.0 Å². The first-order valence-corrected chi connectivity index (χ1v) is 5.28. The third kappa shape index (κ3) is 1.89. The molecule has 2 unspecified atom stereocenters. The fourth-order valence-corrected chi connectivity index (χ4v) is 2.21. The number of likely N-dealkylation sites (N-methyl/N-ethyl adjacent to an activating group) is 1. The van der Waals surface area contributed by atoms with Crippen LogP contribution in [0.15, 0.2) is 24.3 Å². The topological polar surface area (TPSA) is 77.8 Å². The maximum atomic E-state index is 11.5. The van der Waals surface area contributed by atoms with Crippen molar-refractivity contribution in [2.24, 2.45) is 0 Å². The monoisotopic (exact) mass is 235 g/mol. The lowest BCUT2D eigenvalue weighted by Gasteiger charge is -2.23. The van der Waals surface area contributed by atoms with Crippen LogP contribution in [0.2, 0.25) is 0 Å². The molecule has 0 saturated carbocycles. The van der Waals surface area contributed by atoms with Crippen LogP contribution in [0.25, 0.3) is 0 Å². The molecule has 5 heteroatoms. The van der Waals surface area contributed by atoms with E-state index in [1.54, 1.807) is 25.2 Å². The highest BCUT2D eigenvalue weighted by Gasteiger charge is 2.38. The smallest absolute Gasteiger partial charge is 0.336 e. The quantitative estimate of drug-likeness (QED) is 0.789. The number of carbonyl (C=O) groups excluding carboxylic acids is 1. The van der Waals surface area contributed by atoms with Gasteiger partial charge in [-0.05, 0) is 11.6 Å². The Hall–Kier alpha value is -1.88. The van der Waals surface area contributed by atoms with Crippen molar-refractivity contribution in [3.05, 3.63) is 35.4 Å². The number of nitrogens with zero attached hydrogens (tertiary/aromatic N) is 1. The molecule has 1 aromatic rings. The van der Waals surface area contributed by atoms with Crippen molar-refractivity contribution in [3.8, 4) is 0 Å². The molecule has 1 saturated heterocycles. The number of likely N-dealkylation sites (tertiary alicyclic amines) is 1. The fraction of sp³-hybridized carbons (Fsp3) is 0.333. The second kappa shape index (κ2) is 4.18. The van der Waals surface area contributed by atoms with Gasteiger partial charge in [-0.3, -0.25) is 4.79 Å². The van der Waals surface area contributed by atoms with Gasteiger partial charge in [0.1, 0.15) is 0 Å². The van der Waals surface area contributed by atoms with Gasteiger partial charge in [-0.25, -0.2) is 4.79 Å². The summed E-state index contributed by atoms with van der Waals surface area (Å²) in [5.41, 5.74) is 0.596. The van der Waals surface area contributed by atoms with E-state index < -0.39 is 18.1 Å². The van der Waals surface area contributed by atoms with Crippen LogP contribution in [-0.2, 0) is 4.79 Å². The molecule has 1 aliphatic rings. The van der Waals surface area contributed by atoms with Crippen LogP contribution >= 0.6 is 0 Å². The van der Waals surface area contributed by atoms with Crippen molar-refractivity contribution in [2.45, 2.75) is 18.6 Å². The molecule has 0 radical (unpaired) electrons. The molecule has 5 nitrogen and oxygen atoms in total. The summed E-state index contributed by atoms with van der Waals surface area (Å²) in [6.45, 7) is 0. The summed E-state index contributed by atoms with van der Waals surface area (Å²) in [5.74, 6) is -1.23. The number of aliphatic hydroxyl groups excluding tert-OH is 1. The maximum absolute atomic E-state index is 11.5. The third-order valence-corrected chi connectivity index (χ3v) is 3.07. The zero-order valence-electron chi connectivity index (χ0n) is 9.33. The molecule has 1 aromatic carbocycles. The van der Waals surface area contributed by atoms with Gasteiger partial charge in [0.05, 0.1) is 24.1 Å². The minimum atomic E-state index is -1.06. The SMILES string of the molecule is CN1C(=O)CC(O)C1c1ccccc1C(=O)O. The van der Waals surface area contributed by atoms with Crippen LogP contribution in [0, 0.1) is 0 Å². The summed E-state index contributed by atoms with van der Waals surface area (Å²) in [5, 5.41) is 18.9. The number of hydrogen-bond donors (Lipinski definition) is 2. The Morgan fingerprint density at radius 1 is 1.41 bits per heavy atom. The first kappa shape index (κ1) is 11.6. The number of aliphatic hydroxyl groups is 1. The average Bonchev–Trinajstić information content (AvgIpc) is 2.53. The average molecular weight is 235 g/mol. The summed E-state index contributed by atoms with van der Waals surface area (Å²) >= 11 is 0. The minimum absolute atomic E-state index is 0.0368. The van der Waals surface area contributed by atoms with E-state index in [0.717, 1.165) is 0 Å². The molecule has 2 N–H and O–H groups in total. The molecule has 1 aliphatic heterocycles. The molecule has 17 heavy (non-hydrogen) atoms. The molecular weight excluding hydrogens is 222 g/mol. The number of carboxylic acid groups (broad SMARTS) is 1. The van der Waals surface area contributed by atoms with E-state index in [9.17, 15) is 14.7 Å². The summed E-state index contributed by atoms with van der Waals surface area (Å²) < 4.78 is 0. The Kier molecular flexibility index (Phi) is 2.85. The zero-order valence-corrected chi connectivity index (χ0v) is 9.33. The highest BCUT2D eigenvalue weighted by Crippen LogP contribution is 2.33. The van der Waals surface area contributed by atoms with Gasteiger partial charge in [-0.1, -0.05) is 18.2 Å². The number of aromatic carboxylic acids is 1. The number of amides is 1. The third-order valence-electron chi connectivity index (χ3n) is 3.07. The predicted octanol–water partition coefficient (Wildman–Crippen LogP) is 0.649. The molecule has 0 bridgehead atoms. The Labute approximate surface area is 98.3 Å². The first-order valence-electron chi connectivity index (χ1n) is 5.28. The van der Waals surface area contributed by atoms with Crippen molar-refractivity contribution >= 4 is 11.9 Å². The van der Waals surface area contributed by atoms with Crippen LogP contribution in [0.3, 0.4) is 0 Å². The second-order valence-corrected chi connectivity index (χ2v) is 4.11. The van der Waals surface area contributed by atoms with E-state index in [2.05, 4.69) is 0 Å². The van der Waals surface area contributed by atoms with Crippen LogP contribution in [-0.4, -0.2) is 40.1 Å². The molecule has 0 aliphatic carbocycles. The lowest BCUT2D eigenvalue weighted by molar-refractivity contribution is -0.127. The number of hydrogen-bond acceptors (Lipinski definition) is 3. The van der Waals surface area contributed by atoms with Gasteiger partial charge >= 0.3 is 5.97 Å². The van der Waals surface area contributed by atoms with E-state index >= 15 is 0 Å². The molecule has 2 rings (SSSR count). The van der Waals surface area contributed by atoms with Gasteiger partial charge in [0.2, 0.25) is 5.91 Å². The maximum Gasteiger partial charge on any atom is 0.336 e. The van der Waals surface area contributed by atoms with Gasteiger partial charge in [-0.15, -0.1) is 0 Å². The summed E-state index contributed by atoms with van der Waals surface area (Å²) in [6.07, 6.45) is -0.817. The molecule has 1 heterocycles. The first-order chi connectivity index (χ1) is 8.02. The highest BCUT2D eigenvalue weighted by molar-refractivity contribution is 5.90. The standard InChI is InChI=1S/C12H13NO4/c1-13-10(15)6-9(14)11(13)7-4-2-3-5-8(7)12(16)17/h2-5,9,11,14H,6H2,1H3,(H,16,17). The Balaban J connectivity index is 2.47. The number of carbonyl (C=O) groups is 2. The zero-order chi connectivity index (χ0) is 12.6. The number of benzene rings is 1. The highest BCUT2D eigenvalue weighted by atomic mass is 16.4. The molecular formula is C12H13NO4. The molecule has 0 aromatic heterocycles. The Morgan fingerprint density at radius 2 is 2.06 bits per heavy atom. The summed E-state index contributed by atoms with van der Waals surface area (Å²) in [4.78, 5) is 24.0. The molecule has 1 amide bonds. The molecule has 2 atom stereocenters. The Morgan fingerprint density at radius 3 is 2.59 bits per heavy atom. The largest absolute Gasteiger partial charge is 0.478 e. The van der Waals surface area contributed by atoms with Crippen molar-refractivity contribution in [2.75, 3.05) is 7.05 Å². The van der Waals surface area contributed by atoms with E-state index in [0.29, 0.717) is 5.56 Å². The van der Waals surface area contributed by atoms with E-state index in [-0.39, 0.29) is 17.9 Å². The number of carboxylic acids is 1. The summed E-state index contributed by atoms with van der Waals surface area (Å²) in [6, 6.07) is 5.85. The van der Waals surface area contributed by atoms with Gasteiger partial charge in [0, 0.05) is 7.05 Å². The van der Waals surface area contributed by atoms with E-state index in [4.69, 9.17) is 5.11 Å². The van der Waals surface area contributed by atoms with Crippen LogP contribution in [0.5, 0.6) is 0 Å².